The molecule has 2 aromatic carbocycles. The van der Waals surface area contributed by atoms with Gasteiger partial charge in [0.05, 0.1) is 11.2 Å². The van der Waals surface area contributed by atoms with E-state index < -0.39 is 0 Å². The number of fused-ring (bicyclic) bond motifs is 5. The molecule has 0 saturated carbocycles. The molecule has 0 unspecified atom stereocenters. The Hall–Kier alpha value is -1.54. The Labute approximate surface area is 97.2 Å². The van der Waals surface area contributed by atoms with Crippen molar-refractivity contribution in [1.82, 2.24) is 0 Å². The number of rotatable bonds is 0. The maximum Gasteiger partial charge on any atom is 0.0898 e. The van der Waals surface area contributed by atoms with Crippen LogP contribution in [-0.4, -0.2) is 5.88 Å². The van der Waals surface area contributed by atoms with E-state index in [0.717, 1.165) is 11.2 Å². The van der Waals surface area contributed by atoms with Crippen molar-refractivity contribution in [2.24, 2.45) is 4.99 Å². The smallest absolute Gasteiger partial charge is 0.0898 e. The van der Waals surface area contributed by atoms with Crippen LogP contribution in [0.25, 0.3) is 22.9 Å². The molecule has 0 amide bonds. The van der Waals surface area contributed by atoms with Gasteiger partial charge in [0, 0.05) is 4.90 Å². The Balaban J connectivity index is 2.26. The third-order valence-corrected chi connectivity index (χ3v) is 4.16. The zero-order chi connectivity index (χ0) is 10.5. The Morgan fingerprint density at radius 3 is 3.00 bits per heavy atom. The van der Waals surface area contributed by atoms with E-state index in [1.807, 2.05) is 11.8 Å². The summed E-state index contributed by atoms with van der Waals surface area (Å²) in [5, 5.41) is 5.18. The van der Waals surface area contributed by atoms with Gasteiger partial charge in [-0.1, -0.05) is 48.2 Å². The zero-order valence-electron chi connectivity index (χ0n) is 8.60. The van der Waals surface area contributed by atoms with Gasteiger partial charge in [-0.2, -0.15) is 0 Å². The lowest BCUT2D eigenvalue weighted by Crippen LogP contribution is -2.06. The van der Waals surface area contributed by atoms with Crippen molar-refractivity contribution >= 4 is 34.7 Å². The number of hydrogen-bond acceptors (Lipinski definition) is 2. The fourth-order valence-electron chi connectivity index (χ4n) is 2.43. The molecular formula is C14H9NS. The van der Waals surface area contributed by atoms with Crippen molar-refractivity contribution in [3.8, 4) is 0 Å². The summed E-state index contributed by atoms with van der Waals surface area (Å²) in [6, 6.07) is 8.77. The molecular weight excluding hydrogens is 214 g/mol. The zero-order valence-corrected chi connectivity index (χ0v) is 9.42. The lowest BCUT2D eigenvalue weighted by atomic mass is 10.0. The molecule has 76 valence electrons. The second-order valence-electron chi connectivity index (χ2n) is 4.03. The van der Waals surface area contributed by atoms with Crippen molar-refractivity contribution in [2.45, 2.75) is 4.90 Å². The molecule has 2 heteroatoms. The van der Waals surface area contributed by atoms with Gasteiger partial charge in [-0.05, 0) is 27.6 Å². The van der Waals surface area contributed by atoms with E-state index in [4.69, 9.17) is 0 Å². The van der Waals surface area contributed by atoms with Gasteiger partial charge in [0.25, 0.3) is 0 Å². The predicted molar refractivity (Wildman–Crippen MR) is 69.0 cm³/mol. The van der Waals surface area contributed by atoms with Gasteiger partial charge in [-0.25, -0.2) is 0 Å². The summed E-state index contributed by atoms with van der Waals surface area (Å²) in [5.74, 6) is 0.869. The minimum absolute atomic E-state index is 0.869. The molecule has 1 heterocycles. The van der Waals surface area contributed by atoms with Gasteiger partial charge >= 0.3 is 0 Å². The number of nitrogens with zero attached hydrogens (tertiary/aromatic N) is 1. The molecule has 0 fully saturated rings. The van der Waals surface area contributed by atoms with E-state index in [-0.39, 0.29) is 0 Å². The largest absolute Gasteiger partial charge is 0.273 e. The fourth-order valence-corrected chi connectivity index (χ4v) is 3.38. The standard InChI is InChI=1S/C14H9NS/c1-2-9-4-5-12-11(10(9)3-1)6-7-13-14(12)16-8-15-13/h1-7H,8H2. The highest BCUT2D eigenvalue weighted by Crippen LogP contribution is 2.29. The van der Waals surface area contributed by atoms with Crippen LogP contribution in [0, 0.1) is 0 Å². The maximum atomic E-state index is 4.48. The van der Waals surface area contributed by atoms with E-state index in [0.29, 0.717) is 0 Å². The van der Waals surface area contributed by atoms with Crippen LogP contribution in [0.4, 0.5) is 0 Å². The summed E-state index contributed by atoms with van der Waals surface area (Å²) in [6.07, 6.45) is 6.48. The monoisotopic (exact) mass is 223 g/mol. The van der Waals surface area contributed by atoms with Crippen LogP contribution in [0.1, 0.15) is 5.56 Å². The maximum absolute atomic E-state index is 4.48. The Kier molecular flexibility index (Phi) is 1.60. The third-order valence-electron chi connectivity index (χ3n) is 3.19. The van der Waals surface area contributed by atoms with Gasteiger partial charge in [0.15, 0.2) is 0 Å². The normalized spacial score (nSPS) is 15.8. The first kappa shape index (κ1) is 8.59. The average Bonchev–Trinajstić information content (AvgIpc) is 2.96. The quantitative estimate of drug-likeness (QED) is 0.667. The van der Waals surface area contributed by atoms with E-state index in [1.165, 1.54) is 26.5 Å². The van der Waals surface area contributed by atoms with Crippen LogP contribution in [0.15, 0.2) is 40.2 Å². The SMILES string of the molecule is C1=Cc2c(ccc3c4c(ccc23)=NCS4)=C1. The molecule has 0 aromatic heterocycles. The number of allylic oxidation sites excluding steroid dienone is 1. The first-order chi connectivity index (χ1) is 7.93. The van der Waals surface area contributed by atoms with E-state index in [9.17, 15) is 0 Å². The first-order valence-corrected chi connectivity index (χ1v) is 6.33. The van der Waals surface area contributed by atoms with Crippen molar-refractivity contribution in [3.05, 3.63) is 46.5 Å². The molecule has 1 aliphatic heterocycles. The fraction of sp³-hybridized carbons (Fsp3) is 0.0714. The molecule has 0 radical (unpaired) electrons. The van der Waals surface area contributed by atoms with Gasteiger partial charge in [0.1, 0.15) is 0 Å². The van der Waals surface area contributed by atoms with Crippen LogP contribution < -0.4 is 10.6 Å². The van der Waals surface area contributed by atoms with Crippen molar-refractivity contribution in [3.63, 3.8) is 0 Å². The summed E-state index contributed by atoms with van der Waals surface area (Å²) in [4.78, 5) is 5.83. The number of hydrogen-bond donors (Lipinski definition) is 0. The van der Waals surface area contributed by atoms with Crippen LogP contribution in [0.5, 0.6) is 0 Å². The molecule has 0 atom stereocenters. The lowest BCUT2D eigenvalue weighted by Gasteiger charge is -2.04. The molecule has 0 spiro atoms. The van der Waals surface area contributed by atoms with Crippen LogP contribution in [-0.2, 0) is 0 Å². The minimum atomic E-state index is 0.869. The summed E-state index contributed by atoms with van der Waals surface area (Å²) in [7, 11) is 0. The molecule has 2 aliphatic rings. The molecule has 16 heavy (non-hydrogen) atoms. The van der Waals surface area contributed by atoms with Crippen LogP contribution in [0.3, 0.4) is 0 Å². The highest BCUT2D eigenvalue weighted by Gasteiger charge is 2.11. The first-order valence-electron chi connectivity index (χ1n) is 5.35. The second kappa shape index (κ2) is 2.98. The number of benzene rings is 2. The predicted octanol–water partition coefficient (Wildman–Crippen LogP) is 2.33. The summed E-state index contributed by atoms with van der Waals surface area (Å²) >= 11 is 1.84. The molecule has 1 nitrogen and oxygen atoms in total. The van der Waals surface area contributed by atoms with Crippen LogP contribution in [0.2, 0.25) is 0 Å². The summed E-state index contributed by atoms with van der Waals surface area (Å²) in [6.45, 7) is 0. The van der Waals surface area contributed by atoms with Crippen molar-refractivity contribution < 1.29 is 0 Å². The second-order valence-corrected chi connectivity index (χ2v) is 4.99. The Bertz CT molecular complexity index is 756. The van der Waals surface area contributed by atoms with E-state index in [2.05, 4.69) is 47.5 Å². The Morgan fingerprint density at radius 2 is 2.00 bits per heavy atom. The molecule has 1 aliphatic carbocycles. The van der Waals surface area contributed by atoms with Gasteiger partial charge in [-0.15, -0.1) is 0 Å². The average molecular weight is 223 g/mol. The topological polar surface area (TPSA) is 12.4 Å². The molecule has 0 bridgehead atoms. The summed E-state index contributed by atoms with van der Waals surface area (Å²) in [5.41, 5.74) is 1.35. The van der Waals surface area contributed by atoms with Crippen molar-refractivity contribution in [2.75, 3.05) is 5.88 Å². The lowest BCUT2D eigenvalue weighted by molar-refractivity contribution is 1.23. The van der Waals surface area contributed by atoms with Crippen LogP contribution >= 0.6 is 11.8 Å². The van der Waals surface area contributed by atoms with E-state index in [1.54, 1.807) is 0 Å². The molecule has 4 rings (SSSR count). The van der Waals surface area contributed by atoms with Gasteiger partial charge in [-0.3, -0.25) is 4.99 Å². The summed E-state index contributed by atoms with van der Waals surface area (Å²) < 4.78 is 0. The van der Waals surface area contributed by atoms with Gasteiger partial charge < -0.3 is 0 Å². The third kappa shape index (κ3) is 1.000. The molecule has 0 N–H and O–H groups in total. The Morgan fingerprint density at radius 1 is 1.06 bits per heavy atom. The highest BCUT2D eigenvalue weighted by atomic mass is 32.2. The minimum Gasteiger partial charge on any atom is -0.273 e. The van der Waals surface area contributed by atoms with Gasteiger partial charge in [0.2, 0.25) is 0 Å². The van der Waals surface area contributed by atoms with Crippen molar-refractivity contribution in [1.29, 1.82) is 0 Å². The van der Waals surface area contributed by atoms with E-state index >= 15 is 0 Å². The molecule has 2 aromatic rings. The highest BCUT2D eigenvalue weighted by molar-refractivity contribution is 7.99. The molecule has 0 saturated heterocycles. The number of thioether (sulfide) groups is 1.